The third-order valence-electron chi connectivity index (χ3n) is 3.44. The molecular weight excluding hydrogens is 239 g/mol. The Labute approximate surface area is 115 Å². The van der Waals surface area contributed by atoms with Crippen LogP contribution in [-0.2, 0) is 13.1 Å². The lowest BCUT2D eigenvalue weighted by Gasteiger charge is -2.18. The van der Waals surface area contributed by atoms with Crippen molar-refractivity contribution in [3.63, 3.8) is 0 Å². The van der Waals surface area contributed by atoms with Gasteiger partial charge in [0, 0.05) is 24.7 Å². The second-order valence-corrected chi connectivity index (χ2v) is 5.09. The maximum absolute atomic E-state index is 13.8. The number of rotatable bonds is 7. The minimum absolute atomic E-state index is 0.148. The van der Waals surface area contributed by atoms with Gasteiger partial charge >= 0.3 is 0 Å². The van der Waals surface area contributed by atoms with E-state index >= 15 is 0 Å². The molecule has 1 aliphatic carbocycles. The van der Waals surface area contributed by atoms with E-state index in [0.717, 1.165) is 24.2 Å². The van der Waals surface area contributed by atoms with Crippen molar-refractivity contribution in [3.05, 3.63) is 35.1 Å². The van der Waals surface area contributed by atoms with Crippen LogP contribution < -0.4 is 5.32 Å². The van der Waals surface area contributed by atoms with Gasteiger partial charge in [-0.25, -0.2) is 4.39 Å². The number of nitrogens with zero attached hydrogens (tertiary/aromatic N) is 1. The van der Waals surface area contributed by atoms with E-state index in [1.54, 1.807) is 6.07 Å². The van der Waals surface area contributed by atoms with Crippen molar-refractivity contribution in [1.29, 1.82) is 0 Å². The van der Waals surface area contributed by atoms with Crippen LogP contribution in [0.15, 0.2) is 18.2 Å². The van der Waals surface area contributed by atoms with Gasteiger partial charge in [-0.1, -0.05) is 25.0 Å². The molecule has 1 fully saturated rings. The van der Waals surface area contributed by atoms with E-state index in [1.807, 2.05) is 19.1 Å². The molecule has 0 saturated heterocycles. The Balaban J connectivity index is 2.00. The van der Waals surface area contributed by atoms with E-state index in [1.165, 1.54) is 12.8 Å². The van der Waals surface area contributed by atoms with E-state index in [-0.39, 0.29) is 5.82 Å². The fourth-order valence-electron chi connectivity index (χ4n) is 2.06. The van der Waals surface area contributed by atoms with Crippen LogP contribution in [0.4, 0.5) is 4.39 Å². The van der Waals surface area contributed by atoms with Gasteiger partial charge < -0.3 is 5.32 Å². The molecule has 1 aromatic carbocycles. The molecule has 102 valence electrons. The summed E-state index contributed by atoms with van der Waals surface area (Å²) in [5, 5.41) is 3.44. The van der Waals surface area contributed by atoms with E-state index in [2.05, 4.69) is 16.1 Å². The molecule has 1 aromatic rings. The van der Waals surface area contributed by atoms with E-state index in [0.29, 0.717) is 19.1 Å². The van der Waals surface area contributed by atoms with Gasteiger partial charge in [0.05, 0.1) is 6.54 Å². The molecule has 1 N–H and O–H groups in total. The number of hydrogen-bond donors (Lipinski definition) is 1. The van der Waals surface area contributed by atoms with Crippen molar-refractivity contribution in [3.8, 4) is 12.3 Å². The minimum atomic E-state index is -0.148. The highest BCUT2D eigenvalue weighted by Gasteiger charge is 2.20. The first-order valence-electron chi connectivity index (χ1n) is 6.89. The maximum atomic E-state index is 13.8. The van der Waals surface area contributed by atoms with Gasteiger partial charge in [0.25, 0.3) is 0 Å². The van der Waals surface area contributed by atoms with Crippen molar-refractivity contribution in [1.82, 2.24) is 10.2 Å². The van der Waals surface area contributed by atoms with Crippen LogP contribution in [0.5, 0.6) is 0 Å². The topological polar surface area (TPSA) is 15.3 Å². The van der Waals surface area contributed by atoms with Crippen molar-refractivity contribution in [2.24, 2.45) is 0 Å². The number of terminal acetylenes is 1. The van der Waals surface area contributed by atoms with Gasteiger partial charge in [0.2, 0.25) is 0 Å². The molecule has 0 bridgehead atoms. The normalized spacial score (nSPS) is 14.6. The van der Waals surface area contributed by atoms with Crippen LogP contribution in [0, 0.1) is 18.2 Å². The van der Waals surface area contributed by atoms with Crippen molar-refractivity contribution in [2.75, 3.05) is 13.1 Å². The number of benzene rings is 1. The van der Waals surface area contributed by atoms with Crippen LogP contribution in [0.1, 0.15) is 30.9 Å². The van der Waals surface area contributed by atoms with E-state index < -0.39 is 0 Å². The molecule has 0 aliphatic heterocycles. The lowest BCUT2D eigenvalue weighted by molar-refractivity contribution is 0.310. The summed E-state index contributed by atoms with van der Waals surface area (Å²) in [7, 11) is 0. The minimum Gasteiger partial charge on any atom is -0.310 e. The molecule has 2 rings (SSSR count). The maximum Gasteiger partial charge on any atom is 0.127 e. The molecule has 0 spiro atoms. The molecule has 3 heteroatoms. The first kappa shape index (κ1) is 14.0. The zero-order valence-electron chi connectivity index (χ0n) is 11.5. The van der Waals surface area contributed by atoms with Gasteiger partial charge in [-0.3, -0.25) is 4.90 Å². The van der Waals surface area contributed by atoms with Crippen LogP contribution in [-0.4, -0.2) is 24.0 Å². The SMILES string of the molecule is C#CCN(CC)Cc1cc(CNC2CC2)ccc1F. The Morgan fingerprint density at radius 1 is 1.47 bits per heavy atom. The summed E-state index contributed by atoms with van der Waals surface area (Å²) in [6, 6.07) is 6.03. The van der Waals surface area contributed by atoms with Crippen molar-refractivity contribution >= 4 is 0 Å². The first-order valence-corrected chi connectivity index (χ1v) is 6.89. The van der Waals surface area contributed by atoms with Crippen LogP contribution >= 0.6 is 0 Å². The van der Waals surface area contributed by atoms with Crippen LogP contribution in [0.3, 0.4) is 0 Å². The molecule has 0 heterocycles. The smallest absolute Gasteiger partial charge is 0.127 e. The Hall–Kier alpha value is -1.37. The standard InChI is InChI=1S/C16H21FN2/c1-3-9-19(4-2)12-14-10-13(5-8-16(14)17)11-18-15-6-7-15/h1,5,8,10,15,18H,4,6-7,9,11-12H2,2H3. The highest BCUT2D eigenvalue weighted by atomic mass is 19.1. The predicted octanol–water partition coefficient (Wildman–Crippen LogP) is 2.53. The molecule has 0 aromatic heterocycles. The highest BCUT2D eigenvalue weighted by molar-refractivity contribution is 5.25. The Kier molecular flexibility index (Phi) is 4.95. The van der Waals surface area contributed by atoms with Crippen molar-refractivity contribution < 1.29 is 4.39 Å². The second kappa shape index (κ2) is 6.70. The summed E-state index contributed by atoms with van der Waals surface area (Å²) in [5.74, 6) is 2.46. The van der Waals surface area contributed by atoms with Gasteiger partial charge in [-0.15, -0.1) is 6.42 Å². The lowest BCUT2D eigenvalue weighted by Crippen LogP contribution is -2.24. The summed E-state index contributed by atoms with van der Waals surface area (Å²) in [4.78, 5) is 2.05. The summed E-state index contributed by atoms with van der Waals surface area (Å²) >= 11 is 0. The summed E-state index contributed by atoms with van der Waals surface area (Å²) < 4.78 is 13.8. The summed E-state index contributed by atoms with van der Waals surface area (Å²) in [6.07, 6.45) is 7.85. The highest BCUT2D eigenvalue weighted by Crippen LogP contribution is 2.20. The molecule has 0 atom stereocenters. The predicted molar refractivity (Wildman–Crippen MR) is 76.0 cm³/mol. The molecule has 1 aliphatic rings. The molecular formula is C16H21FN2. The van der Waals surface area contributed by atoms with E-state index in [9.17, 15) is 4.39 Å². The molecule has 19 heavy (non-hydrogen) atoms. The third-order valence-corrected chi connectivity index (χ3v) is 3.44. The number of halogens is 1. The summed E-state index contributed by atoms with van der Waals surface area (Å²) in [6.45, 7) is 4.81. The summed E-state index contributed by atoms with van der Waals surface area (Å²) in [5.41, 5.74) is 1.87. The molecule has 2 nitrogen and oxygen atoms in total. The lowest BCUT2D eigenvalue weighted by atomic mass is 10.1. The van der Waals surface area contributed by atoms with Gasteiger partial charge in [-0.2, -0.15) is 0 Å². The van der Waals surface area contributed by atoms with E-state index in [4.69, 9.17) is 6.42 Å². The fourth-order valence-corrected chi connectivity index (χ4v) is 2.06. The van der Waals surface area contributed by atoms with Crippen LogP contribution in [0.2, 0.25) is 0 Å². The molecule has 0 unspecified atom stereocenters. The molecule has 0 amide bonds. The monoisotopic (exact) mass is 260 g/mol. The Morgan fingerprint density at radius 2 is 2.26 bits per heavy atom. The largest absolute Gasteiger partial charge is 0.310 e. The van der Waals surface area contributed by atoms with Gasteiger partial charge in [0.15, 0.2) is 0 Å². The average Bonchev–Trinajstić information content (AvgIpc) is 3.23. The average molecular weight is 260 g/mol. The fraction of sp³-hybridized carbons (Fsp3) is 0.500. The number of hydrogen-bond acceptors (Lipinski definition) is 2. The Morgan fingerprint density at radius 3 is 2.89 bits per heavy atom. The second-order valence-electron chi connectivity index (χ2n) is 5.09. The Bertz CT molecular complexity index is 460. The van der Waals surface area contributed by atoms with Gasteiger partial charge in [-0.05, 0) is 31.0 Å². The van der Waals surface area contributed by atoms with Crippen LogP contribution in [0.25, 0.3) is 0 Å². The number of nitrogens with one attached hydrogen (secondary N) is 1. The van der Waals surface area contributed by atoms with Crippen molar-refractivity contribution in [2.45, 2.75) is 38.9 Å². The zero-order chi connectivity index (χ0) is 13.7. The molecule has 0 radical (unpaired) electrons. The molecule has 1 saturated carbocycles. The quantitative estimate of drug-likeness (QED) is 0.758. The van der Waals surface area contributed by atoms with Gasteiger partial charge in [0.1, 0.15) is 5.82 Å². The zero-order valence-corrected chi connectivity index (χ0v) is 11.5. The third kappa shape index (κ3) is 4.34. The first-order chi connectivity index (χ1) is 9.22.